The zero-order valence-electron chi connectivity index (χ0n) is 17.8. The van der Waals surface area contributed by atoms with E-state index in [0.29, 0.717) is 33.5 Å². The minimum atomic E-state index is -0.693. The number of carbonyl (C=O) groups is 2. The Balaban J connectivity index is 2.93. The average molecular weight is 446 g/mol. The summed E-state index contributed by atoms with van der Waals surface area (Å²) in [6.07, 6.45) is 3.78. The molecule has 0 radical (unpaired) electrons. The Morgan fingerprint density at radius 1 is 1.09 bits per heavy atom. The Kier molecular flexibility index (Phi) is 9.29. The predicted octanol–water partition coefficient (Wildman–Crippen LogP) is 0.890. The van der Waals surface area contributed by atoms with Gasteiger partial charge in [0, 0.05) is 23.4 Å². The number of nitrogens with zero attached hydrogens (tertiary/aromatic N) is 1. The molecule has 1 heterocycles. The molecule has 10 heteroatoms. The van der Waals surface area contributed by atoms with Gasteiger partial charge in [-0.3, -0.25) is 4.99 Å². The summed E-state index contributed by atoms with van der Waals surface area (Å²) in [5, 5.41) is 38.6. The summed E-state index contributed by atoms with van der Waals surface area (Å²) < 4.78 is 9.75. The van der Waals surface area contributed by atoms with Crippen LogP contribution in [0.1, 0.15) is 45.4 Å². The van der Waals surface area contributed by atoms with Crippen molar-refractivity contribution in [3.05, 3.63) is 51.9 Å². The summed E-state index contributed by atoms with van der Waals surface area (Å²) in [5.74, 6) is -1.35. The van der Waals surface area contributed by atoms with Gasteiger partial charge in [-0.15, -0.1) is 0 Å². The normalized spacial score (nSPS) is 11.4. The molecule has 0 spiro atoms. The maximum absolute atomic E-state index is 12.6. The molecule has 1 aromatic carbocycles. The van der Waals surface area contributed by atoms with Gasteiger partial charge in [0.15, 0.2) is 0 Å². The number of H-pyrrole nitrogens is 1. The van der Waals surface area contributed by atoms with Gasteiger partial charge < -0.3 is 34.9 Å². The van der Waals surface area contributed by atoms with Crippen molar-refractivity contribution in [2.24, 2.45) is 4.99 Å². The molecule has 0 saturated carbocycles. The molecule has 0 unspecified atom stereocenters. The van der Waals surface area contributed by atoms with Gasteiger partial charge in [0.05, 0.1) is 39.2 Å². The van der Waals surface area contributed by atoms with E-state index in [-0.39, 0.29) is 24.5 Å². The van der Waals surface area contributed by atoms with E-state index in [1.807, 2.05) is 0 Å². The number of benzene rings is 1. The van der Waals surface area contributed by atoms with E-state index >= 15 is 0 Å². The molecular formula is C22H26N2O8. The van der Waals surface area contributed by atoms with Crippen LogP contribution < -0.4 is 0 Å². The third-order valence-corrected chi connectivity index (χ3v) is 4.72. The number of methoxy groups -OCH3 is 1. The van der Waals surface area contributed by atoms with Crippen molar-refractivity contribution in [3.8, 4) is 11.1 Å². The maximum atomic E-state index is 12.6. The number of esters is 2. The SMILES string of the molecule is CCOC(=O)c1[nH]c(/C=N/CO)c(-c2ccc(CO)c(CO)c2CO)c1/C=C/C(=O)OC. The van der Waals surface area contributed by atoms with Crippen molar-refractivity contribution in [1.29, 1.82) is 0 Å². The van der Waals surface area contributed by atoms with Gasteiger partial charge in [0.1, 0.15) is 12.4 Å². The smallest absolute Gasteiger partial charge is 0.355 e. The molecule has 0 saturated heterocycles. The number of ether oxygens (including phenoxy) is 2. The minimum absolute atomic E-state index is 0.0158. The molecule has 5 N–H and O–H groups in total. The Hall–Kier alpha value is -3.31. The number of carbonyl (C=O) groups excluding carboxylic acids is 2. The number of aromatic amines is 1. The predicted molar refractivity (Wildman–Crippen MR) is 116 cm³/mol. The Morgan fingerprint density at radius 3 is 2.38 bits per heavy atom. The summed E-state index contributed by atoms with van der Waals surface area (Å²) >= 11 is 0. The lowest BCUT2D eigenvalue weighted by Crippen LogP contribution is -2.07. The average Bonchev–Trinajstić information content (AvgIpc) is 3.18. The molecule has 0 aliphatic heterocycles. The fourth-order valence-corrected chi connectivity index (χ4v) is 3.31. The van der Waals surface area contributed by atoms with Gasteiger partial charge in [-0.05, 0) is 35.3 Å². The molecule has 32 heavy (non-hydrogen) atoms. The van der Waals surface area contributed by atoms with Gasteiger partial charge in [0.2, 0.25) is 0 Å². The first-order valence-electron chi connectivity index (χ1n) is 9.73. The Labute approximate surface area is 184 Å². The second kappa shape index (κ2) is 11.9. The molecule has 0 atom stereocenters. The van der Waals surface area contributed by atoms with Crippen molar-refractivity contribution in [3.63, 3.8) is 0 Å². The third kappa shape index (κ3) is 5.29. The maximum Gasteiger partial charge on any atom is 0.355 e. The number of rotatable bonds is 10. The number of nitrogens with one attached hydrogen (secondary N) is 1. The lowest BCUT2D eigenvalue weighted by molar-refractivity contribution is -0.134. The van der Waals surface area contributed by atoms with Crippen molar-refractivity contribution in [2.75, 3.05) is 20.4 Å². The molecular weight excluding hydrogens is 420 g/mol. The van der Waals surface area contributed by atoms with Crippen LogP contribution in [0.25, 0.3) is 17.2 Å². The molecule has 2 rings (SSSR count). The Morgan fingerprint density at radius 2 is 1.81 bits per heavy atom. The topological polar surface area (TPSA) is 162 Å². The number of hydrogen-bond donors (Lipinski definition) is 5. The standard InChI is InChI=1S/C22H26N2O8/c1-3-32-22(30)21-15(6-7-19(29)31-2)20(18(24-21)8-23-12-28)14-5-4-13(9-25)16(10-26)17(14)11-27/h4-8,24-28H,3,9-12H2,1-2H3/b7-6+,23-8+. The summed E-state index contributed by atoms with van der Waals surface area (Å²) in [4.78, 5) is 31.0. The van der Waals surface area contributed by atoms with Crippen LogP contribution in [0.4, 0.5) is 0 Å². The van der Waals surface area contributed by atoms with Crippen molar-refractivity contribution < 1.29 is 39.5 Å². The summed E-state index contributed by atoms with van der Waals surface area (Å²) in [7, 11) is 1.21. The van der Waals surface area contributed by atoms with Crippen molar-refractivity contribution in [2.45, 2.75) is 26.7 Å². The van der Waals surface area contributed by atoms with Crippen LogP contribution in [0.15, 0.2) is 23.2 Å². The summed E-state index contributed by atoms with van der Waals surface area (Å²) in [6, 6.07) is 3.19. The van der Waals surface area contributed by atoms with Crippen LogP contribution in [0, 0.1) is 0 Å². The molecule has 0 amide bonds. The highest BCUT2D eigenvalue weighted by Crippen LogP contribution is 2.36. The zero-order chi connectivity index (χ0) is 23.7. The summed E-state index contributed by atoms with van der Waals surface area (Å²) in [5.41, 5.74) is 2.43. The molecule has 1 aromatic heterocycles. The highest BCUT2D eigenvalue weighted by molar-refractivity contribution is 6.04. The van der Waals surface area contributed by atoms with Crippen LogP contribution in [0.2, 0.25) is 0 Å². The van der Waals surface area contributed by atoms with E-state index in [1.165, 1.54) is 19.4 Å². The first-order chi connectivity index (χ1) is 15.5. The van der Waals surface area contributed by atoms with Gasteiger partial charge in [-0.25, -0.2) is 9.59 Å². The zero-order valence-corrected chi connectivity index (χ0v) is 17.8. The van der Waals surface area contributed by atoms with Gasteiger partial charge in [-0.2, -0.15) is 0 Å². The van der Waals surface area contributed by atoms with Gasteiger partial charge in [-0.1, -0.05) is 12.1 Å². The van der Waals surface area contributed by atoms with E-state index in [4.69, 9.17) is 9.84 Å². The highest BCUT2D eigenvalue weighted by Gasteiger charge is 2.25. The molecule has 172 valence electrons. The largest absolute Gasteiger partial charge is 0.466 e. The molecule has 0 bridgehead atoms. The quantitative estimate of drug-likeness (QED) is 0.204. The number of aliphatic imine (C=N–C) groups is 1. The Bertz CT molecular complexity index is 1020. The number of aliphatic hydroxyl groups is 4. The first-order valence-corrected chi connectivity index (χ1v) is 9.73. The monoisotopic (exact) mass is 446 g/mol. The third-order valence-electron chi connectivity index (χ3n) is 4.72. The van der Waals surface area contributed by atoms with E-state index in [2.05, 4.69) is 14.7 Å². The lowest BCUT2D eigenvalue weighted by Gasteiger charge is -2.16. The minimum Gasteiger partial charge on any atom is -0.466 e. The van der Waals surface area contributed by atoms with E-state index in [9.17, 15) is 24.9 Å². The molecule has 0 aliphatic carbocycles. The molecule has 2 aromatic rings. The second-order valence-corrected chi connectivity index (χ2v) is 6.44. The fourth-order valence-electron chi connectivity index (χ4n) is 3.31. The van der Waals surface area contributed by atoms with Crippen LogP contribution in [0.5, 0.6) is 0 Å². The van der Waals surface area contributed by atoms with Crippen LogP contribution >= 0.6 is 0 Å². The van der Waals surface area contributed by atoms with Crippen LogP contribution in [-0.2, 0) is 34.1 Å². The molecule has 0 aliphatic rings. The van der Waals surface area contributed by atoms with Crippen LogP contribution in [0.3, 0.4) is 0 Å². The number of aromatic nitrogens is 1. The number of hydrogen-bond acceptors (Lipinski definition) is 9. The molecule has 0 fully saturated rings. The molecule has 10 nitrogen and oxygen atoms in total. The van der Waals surface area contributed by atoms with E-state index in [0.717, 1.165) is 6.08 Å². The second-order valence-electron chi connectivity index (χ2n) is 6.44. The van der Waals surface area contributed by atoms with E-state index < -0.39 is 31.9 Å². The number of aliphatic hydroxyl groups excluding tert-OH is 4. The van der Waals surface area contributed by atoms with Gasteiger partial charge in [0.25, 0.3) is 0 Å². The van der Waals surface area contributed by atoms with Gasteiger partial charge >= 0.3 is 11.9 Å². The van der Waals surface area contributed by atoms with E-state index in [1.54, 1.807) is 19.1 Å². The van der Waals surface area contributed by atoms with Crippen molar-refractivity contribution >= 4 is 24.2 Å². The summed E-state index contributed by atoms with van der Waals surface area (Å²) in [6.45, 7) is -0.0328. The fraction of sp³-hybridized carbons (Fsp3) is 0.318. The lowest BCUT2D eigenvalue weighted by atomic mass is 9.90. The first kappa shape index (κ1) is 25.0. The highest BCUT2D eigenvalue weighted by atomic mass is 16.5. The van der Waals surface area contributed by atoms with Crippen LogP contribution in [-0.4, -0.2) is 64.0 Å². The van der Waals surface area contributed by atoms with Crippen molar-refractivity contribution in [1.82, 2.24) is 4.98 Å².